The largest absolute Gasteiger partial charge is 0.483 e. The van der Waals surface area contributed by atoms with E-state index in [1.54, 1.807) is 35.2 Å². The molecule has 236 valence electrons. The van der Waals surface area contributed by atoms with Gasteiger partial charge in [0.15, 0.2) is 0 Å². The number of hydrogen-bond donors (Lipinski definition) is 3. The lowest BCUT2D eigenvalue weighted by Gasteiger charge is -2.31. The van der Waals surface area contributed by atoms with Gasteiger partial charge in [0.1, 0.15) is 0 Å². The van der Waals surface area contributed by atoms with Crippen LogP contribution >= 0.6 is 0 Å². The van der Waals surface area contributed by atoms with Crippen molar-refractivity contribution in [3.63, 3.8) is 0 Å². The number of benzene rings is 3. The molecule has 0 aromatic heterocycles. The molecule has 3 aromatic carbocycles. The summed E-state index contributed by atoms with van der Waals surface area (Å²) in [5, 5.41) is 11.0. The topological polar surface area (TPSA) is 145 Å². The molecule has 5 rings (SSSR count). The Morgan fingerprint density at radius 1 is 0.955 bits per heavy atom. The number of carbonyl (C=O) groups is 3. The third-order valence-corrected chi connectivity index (χ3v) is 9.51. The summed E-state index contributed by atoms with van der Waals surface area (Å²) in [6, 6.07) is 17.3. The maximum absolute atomic E-state index is 13.5. The number of sulfonamides is 1. The highest BCUT2D eigenvalue weighted by molar-refractivity contribution is 7.89. The van der Waals surface area contributed by atoms with Crippen molar-refractivity contribution in [3.8, 4) is 0 Å². The van der Waals surface area contributed by atoms with Gasteiger partial charge in [0, 0.05) is 47.7 Å². The van der Waals surface area contributed by atoms with Crippen molar-refractivity contribution >= 4 is 45.0 Å². The van der Waals surface area contributed by atoms with Crippen LogP contribution in [-0.4, -0.2) is 87.2 Å². The number of likely N-dealkylation sites (tertiary alicyclic amines) is 2. The van der Waals surface area contributed by atoms with Crippen LogP contribution in [0, 0.1) is 6.92 Å². The second kappa shape index (κ2) is 15.6. The van der Waals surface area contributed by atoms with Gasteiger partial charge < -0.3 is 25.0 Å². The molecule has 2 heterocycles. The summed E-state index contributed by atoms with van der Waals surface area (Å²) in [6.45, 7) is 6.09. The Balaban J connectivity index is 0.00000141. The van der Waals surface area contributed by atoms with Crippen LogP contribution in [-0.2, 0) is 19.6 Å². The molecule has 0 radical (unpaired) electrons. The van der Waals surface area contributed by atoms with E-state index in [-0.39, 0.29) is 29.4 Å². The SMILES string of the molecule is Cc1ccccc1C(=O)Nc1ccc(S(=O)(=O)NC2CCN(C(=O)OCCCN3CCCC3)CC2)c2ccccc12.O=CO. The average Bonchev–Trinajstić information content (AvgIpc) is 3.54. The number of aryl methyl sites for hydroxylation is 1. The highest BCUT2D eigenvalue weighted by atomic mass is 32.2. The van der Waals surface area contributed by atoms with E-state index in [9.17, 15) is 18.0 Å². The molecule has 0 saturated carbocycles. The first kappa shape index (κ1) is 32.9. The summed E-state index contributed by atoms with van der Waals surface area (Å²) < 4.78 is 35.3. The normalized spacial score (nSPS) is 15.8. The molecule has 2 amide bonds. The number of nitrogens with zero attached hydrogens (tertiary/aromatic N) is 2. The Morgan fingerprint density at radius 2 is 1.59 bits per heavy atom. The van der Waals surface area contributed by atoms with Gasteiger partial charge in [-0.15, -0.1) is 0 Å². The molecule has 0 atom stereocenters. The molecule has 2 fully saturated rings. The Bertz CT molecular complexity index is 1550. The third kappa shape index (κ3) is 8.55. The highest BCUT2D eigenvalue weighted by Crippen LogP contribution is 2.30. The molecule has 0 spiro atoms. The predicted octanol–water partition coefficient (Wildman–Crippen LogP) is 4.47. The number of nitrogens with one attached hydrogen (secondary N) is 2. The zero-order valence-electron chi connectivity index (χ0n) is 24.9. The lowest BCUT2D eigenvalue weighted by atomic mass is 10.1. The molecule has 2 saturated heterocycles. The zero-order chi connectivity index (χ0) is 31.5. The first-order valence-electron chi connectivity index (χ1n) is 14.9. The van der Waals surface area contributed by atoms with Crippen LogP contribution in [0.2, 0.25) is 0 Å². The van der Waals surface area contributed by atoms with Gasteiger partial charge in [-0.2, -0.15) is 0 Å². The van der Waals surface area contributed by atoms with Crippen LogP contribution in [0.5, 0.6) is 0 Å². The molecule has 3 N–H and O–H groups in total. The van der Waals surface area contributed by atoms with E-state index in [2.05, 4.69) is 14.9 Å². The number of rotatable bonds is 9. The van der Waals surface area contributed by atoms with E-state index >= 15 is 0 Å². The summed E-state index contributed by atoms with van der Waals surface area (Å²) in [5.74, 6) is -0.251. The minimum absolute atomic E-state index is 0.154. The molecule has 0 unspecified atom stereocenters. The fourth-order valence-electron chi connectivity index (χ4n) is 5.64. The number of ether oxygens (including phenoxy) is 1. The van der Waals surface area contributed by atoms with Crippen LogP contribution in [0.1, 0.15) is 48.0 Å². The second-order valence-corrected chi connectivity index (χ2v) is 12.6. The van der Waals surface area contributed by atoms with Crippen molar-refractivity contribution in [2.24, 2.45) is 0 Å². The van der Waals surface area contributed by atoms with Crippen LogP contribution < -0.4 is 10.0 Å². The highest BCUT2D eigenvalue weighted by Gasteiger charge is 2.28. The second-order valence-electron chi connectivity index (χ2n) is 10.9. The number of carbonyl (C=O) groups excluding carboxylic acids is 2. The summed E-state index contributed by atoms with van der Waals surface area (Å²) in [6.07, 6.45) is 3.99. The first-order chi connectivity index (χ1) is 21.2. The third-order valence-electron chi connectivity index (χ3n) is 7.93. The molecule has 12 heteroatoms. The molecule has 11 nitrogen and oxygen atoms in total. The fourth-order valence-corrected chi connectivity index (χ4v) is 7.16. The van der Waals surface area contributed by atoms with E-state index in [0.29, 0.717) is 54.6 Å². The van der Waals surface area contributed by atoms with Gasteiger partial charge in [-0.25, -0.2) is 17.9 Å². The van der Waals surface area contributed by atoms with Crippen molar-refractivity contribution in [1.82, 2.24) is 14.5 Å². The van der Waals surface area contributed by atoms with E-state index in [1.165, 1.54) is 18.9 Å². The Labute approximate surface area is 258 Å². The lowest BCUT2D eigenvalue weighted by Crippen LogP contribution is -2.46. The fraction of sp³-hybridized carbons (Fsp3) is 0.406. The van der Waals surface area contributed by atoms with Gasteiger partial charge in [-0.1, -0.05) is 42.5 Å². The first-order valence-corrected chi connectivity index (χ1v) is 16.3. The number of amides is 2. The van der Waals surface area contributed by atoms with Crippen molar-refractivity contribution in [1.29, 1.82) is 0 Å². The minimum Gasteiger partial charge on any atom is -0.483 e. The molecule has 0 aliphatic carbocycles. The van der Waals surface area contributed by atoms with Gasteiger partial charge in [0.05, 0.1) is 11.5 Å². The average molecular weight is 625 g/mol. The lowest BCUT2D eigenvalue weighted by molar-refractivity contribution is -0.122. The zero-order valence-corrected chi connectivity index (χ0v) is 25.7. The summed E-state index contributed by atoms with van der Waals surface area (Å²) >= 11 is 0. The number of piperidine rings is 1. The predicted molar refractivity (Wildman–Crippen MR) is 168 cm³/mol. The maximum atomic E-state index is 13.5. The van der Waals surface area contributed by atoms with E-state index in [1.807, 2.05) is 31.2 Å². The van der Waals surface area contributed by atoms with Gasteiger partial charge >= 0.3 is 6.09 Å². The molecule has 2 aliphatic rings. The van der Waals surface area contributed by atoms with Gasteiger partial charge in [-0.05, 0) is 75.9 Å². The van der Waals surface area contributed by atoms with Crippen LogP contribution in [0.15, 0.2) is 65.6 Å². The van der Waals surface area contributed by atoms with Crippen LogP contribution in [0.4, 0.5) is 10.5 Å². The number of fused-ring (bicyclic) bond motifs is 1. The summed E-state index contributed by atoms with van der Waals surface area (Å²) in [7, 11) is -3.86. The molecule has 2 aliphatic heterocycles. The van der Waals surface area contributed by atoms with Gasteiger partial charge in [0.25, 0.3) is 12.4 Å². The standard InChI is InChI=1S/C31H38N4O5S.CH2O2/c1-23-9-2-3-10-25(23)30(36)32-28-13-14-29(27-12-5-4-11-26(27)28)41(38,39)33-24-15-20-35(21-16-24)31(37)40-22-8-19-34-17-6-7-18-34;2-1-3/h2-5,9-14,24,33H,6-8,15-22H2,1H3,(H,32,36);1H,(H,2,3). The van der Waals surface area contributed by atoms with Gasteiger partial charge in [0.2, 0.25) is 10.0 Å². The summed E-state index contributed by atoms with van der Waals surface area (Å²) in [4.78, 5) is 38.0. The smallest absolute Gasteiger partial charge is 0.409 e. The number of carboxylic acid groups (broad SMARTS) is 1. The van der Waals surface area contributed by atoms with E-state index in [4.69, 9.17) is 14.6 Å². The molecular formula is C32H40N4O7S. The van der Waals surface area contributed by atoms with Crippen molar-refractivity contribution in [2.75, 3.05) is 44.6 Å². The van der Waals surface area contributed by atoms with E-state index in [0.717, 1.165) is 31.6 Å². The quantitative estimate of drug-likeness (QED) is 0.234. The summed E-state index contributed by atoms with van der Waals surface area (Å²) in [5.41, 5.74) is 1.96. The molecule has 44 heavy (non-hydrogen) atoms. The van der Waals surface area contributed by atoms with Gasteiger partial charge in [-0.3, -0.25) is 9.59 Å². The Kier molecular flexibility index (Phi) is 11.7. The van der Waals surface area contributed by atoms with E-state index < -0.39 is 10.0 Å². The molecular weight excluding hydrogens is 584 g/mol. The number of hydrogen-bond acceptors (Lipinski definition) is 7. The monoisotopic (exact) mass is 624 g/mol. The van der Waals surface area contributed by atoms with Crippen molar-refractivity contribution < 1.29 is 32.6 Å². The Hall–Kier alpha value is -4.00. The molecule has 0 bridgehead atoms. The minimum atomic E-state index is -3.86. The van der Waals surface area contributed by atoms with Crippen molar-refractivity contribution in [2.45, 2.75) is 50.0 Å². The maximum Gasteiger partial charge on any atom is 0.409 e. The van der Waals surface area contributed by atoms with Crippen molar-refractivity contribution in [3.05, 3.63) is 71.8 Å². The molecule has 3 aromatic rings. The number of anilines is 1. The Morgan fingerprint density at radius 3 is 2.27 bits per heavy atom. The van der Waals surface area contributed by atoms with Crippen LogP contribution in [0.3, 0.4) is 0 Å². The van der Waals surface area contributed by atoms with Crippen LogP contribution in [0.25, 0.3) is 10.8 Å².